The summed E-state index contributed by atoms with van der Waals surface area (Å²) in [4.78, 5) is 2.42. The second kappa shape index (κ2) is 5.19. The molecule has 0 spiro atoms. The van der Waals surface area contributed by atoms with Gasteiger partial charge in [-0.15, -0.1) is 0 Å². The molecule has 0 aliphatic carbocycles. The average molecular weight is 284 g/mol. The van der Waals surface area contributed by atoms with Gasteiger partial charge >= 0.3 is 0 Å². The van der Waals surface area contributed by atoms with Crippen LogP contribution in [0.2, 0.25) is 0 Å². The number of aliphatic hydroxyl groups is 1. The van der Waals surface area contributed by atoms with Gasteiger partial charge in [-0.3, -0.25) is 0 Å². The Morgan fingerprint density at radius 2 is 1.94 bits per heavy atom. The Kier molecular flexibility index (Phi) is 3.87. The van der Waals surface area contributed by atoms with Crippen LogP contribution in [0.3, 0.4) is 0 Å². The highest BCUT2D eigenvalue weighted by Gasteiger charge is 2.14. The molecule has 0 amide bonds. The quantitative estimate of drug-likeness (QED) is 0.898. The van der Waals surface area contributed by atoms with Crippen molar-refractivity contribution in [1.82, 2.24) is 0 Å². The fourth-order valence-electron chi connectivity index (χ4n) is 2.17. The largest absolute Gasteiger partial charge is 0.389 e. The minimum Gasteiger partial charge on any atom is -0.389 e. The predicted octanol–water partition coefficient (Wildman–Crippen LogP) is 3.49. The fourth-order valence-corrected chi connectivity index (χ4v) is 2.82. The molecule has 1 aromatic rings. The van der Waals surface area contributed by atoms with Gasteiger partial charge in [0, 0.05) is 17.6 Å². The van der Waals surface area contributed by atoms with E-state index in [4.69, 9.17) is 0 Å². The molecule has 1 heterocycles. The number of piperidine rings is 1. The third-order valence-corrected chi connectivity index (χ3v) is 3.79. The van der Waals surface area contributed by atoms with E-state index < -0.39 is 6.10 Å². The van der Waals surface area contributed by atoms with Gasteiger partial charge in [-0.25, -0.2) is 0 Å². The van der Waals surface area contributed by atoms with E-state index in [-0.39, 0.29) is 0 Å². The van der Waals surface area contributed by atoms with Crippen molar-refractivity contribution in [1.29, 1.82) is 0 Å². The molecule has 1 aliphatic heterocycles. The summed E-state index contributed by atoms with van der Waals surface area (Å²) in [5, 5.41) is 9.51. The van der Waals surface area contributed by atoms with E-state index in [0.29, 0.717) is 0 Å². The molecule has 1 N–H and O–H groups in total. The lowest BCUT2D eigenvalue weighted by Crippen LogP contribution is -2.29. The van der Waals surface area contributed by atoms with Crippen LogP contribution in [-0.4, -0.2) is 18.2 Å². The minimum atomic E-state index is -0.397. The summed E-state index contributed by atoms with van der Waals surface area (Å²) in [6.07, 6.45) is 3.52. The molecule has 3 heteroatoms. The van der Waals surface area contributed by atoms with Gasteiger partial charge in [-0.2, -0.15) is 0 Å². The molecule has 1 unspecified atom stereocenters. The predicted molar refractivity (Wildman–Crippen MR) is 70.8 cm³/mol. The molecule has 0 aromatic heterocycles. The standard InChI is InChI=1S/C13H18BrNO/c1-10(16)11-5-6-13(12(14)9-11)15-7-3-2-4-8-15/h5-6,9-10,16H,2-4,7-8H2,1H3. The zero-order valence-corrected chi connectivity index (χ0v) is 11.2. The molecule has 2 nitrogen and oxygen atoms in total. The number of benzene rings is 1. The first-order valence-electron chi connectivity index (χ1n) is 5.91. The van der Waals surface area contributed by atoms with Gasteiger partial charge < -0.3 is 10.0 Å². The van der Waals surface area contributed by atoms with Gasteiger partial charge in [0.2, 0.25) is 0 Å². The molecule has 16 heavy (non-hydrogen) atoms. The number of anilines is 1. The second-order valence-corrected chi connectivity index (χ2v) is 5.29. The van der Waals surface area contributed by atoms with Crippen molar-refractivity contribution in [3.63, 3.8) is 0 Å². The summed E-state index contributed by atoms with van der Waals surface area (Å²) in [7, 11) is 0. The Morgan fingerprint density at radius 3 is 2.50 bits per heavy atom. The molecule has 88 valence electrons. The van der Waals surface area contributed by atoms with Gasteiger partial charge in [0.15, 0.2) is 0 Å². The average Bonchev–Trinajstić information content (AvgIpc) is 2.30. The number of hydrogen-bond acceptors (Lipinski definition) is 2. The van der Waals surface area contributed by atoms with Crippen LogP contribution in [0, 0.1) is 0 Å². The molecule has 1 saturated heterocycles. The molecule has 1 aliphatic rings. The number of rotatable bonds is 2. The van der Waals surface area contributed by atoms with Crippen LogP contribution in [0.25, 0.3) is 0 Å². The van der Waals surface area contributed by atoms with Gasteiger partial charge in [0.05, 0.1) is 11.8 Å². The van der Waals surface area contributed by atoms with E-state index in [0.717, 1.165) is 23.1 Å². The van der Waals surface area contributed by atoms with E-state index in [2.05, 4.69) is 26.9 Å². The highest BCUT2D eigenvalue weighted by atomic mass is 79.9. The molecule has 0 bridgehead atoms. The topological polar surface area (TPSA) is 23.5 Å². The number of nitrogens with zero attached hydrogens (tertiary/aromatic N) is 1. The normalized spacial score (nSPS) is 18.6. The van der Waals surface area contributed by atoms with Gasteiger partial charge in [-0.1, -0.05) is 6.07 Å². The van der Waals surface area contributed by atoms with Crippen molar-refractivity contribution in [2.75, 3.05) is 18.0 Å². The molecular formula is C13H18BrNO. The van der Waals surface area contributed by atoms with Crippen molar-refractivity contribution in [2.24, 2.45) is 0 Å². The van der Waals surface area contributed by atoms with Crippen molar-refractivity contribution in [3.8, 4) is 0 Å². The minimum absolute atomic E-state index is 0.397. The van der Waals surface area contributed by atoms with Gasteiger partial charge in [-0.05, 0) is 59.8 Å². The second-order valence-electron chi connectivity index (χ2n) is 4.43. The fraction of sp³-hybridized carbons (Fsp3) is 0.538. The van der Waals surface area contributed by atoms with Gasteiger partial charge in [0.25, 0.3) is 0 Å². The summed E-state index contributed by atoms with van der Waals surface area (Å²) in [5.74, 6) is 0. The first kappa shape index (κ1) is 11.9. The summed E-state index contributed by atoms with van der Waals surface area (Å²) in [6, 6.07) is 6.14. The van der Waals surface area contributed by atoms with Crippen LogP contribution >= 0.6 is 15.9 Å². The maximum Gasteiger partial charge on any atom is 0.0762 e. The van der Waals surface area contributed by atoms with E-state index in [1.807, 2.05) is 12.1 Å². The van der Waals surface area contributed by atoms with E-state index in [1.165, 1.54) is 24.9 Å². The summed E-state index contributed by atoms with van der Waals surface area (Å²) in [6.45, 7) is 4.08. The Balaban J connectivity index is 2.21. The van der Waals surface area contributed by atoms with Gasteiger partial charge in [0.1, 0.15) is 0 Å². The van der Waals surface area contributed by atoms with Crippen molar-refractivity contribution in [3.05, 3.63) is 28.2 Å². The summed E-state index contributed by atoms with van der Waals surface area (Å²) in [5.41, 5.74) is 2.22. The summed E-state index contributed by atoms with van der Waals surface area (Å²) < 4.78 is 1.09. The van der Waals surface area contributed by atoms with E-state index in [9.17, 15) is 5.11 Å². The zero-order chi connectivity index (χ0) is 11.5. The van der Waals surface area contributed by atoms with Crippen molar-refractivity contribution < 1.29 is 5.11 Å². The zero-order valence-electron chi connectivity index (χ0n) is 9.62. The highest BCUT2D eigenvalue weighted by molar-refractivity contribution is 9.10. The number of halogens is 1. The molecule has 0 radical (unpaired) electrons. The smallest absolute Gasteiger partial charge is 0.0762 e. The van der Waals surface area contributed by atoms with Crippen molar-refractivity contribution in [2.45, 2.75) is 32.3 Å². The summed E-state index contributed by atoms with van der Waals surface area (Å²) >= 11 is 3.60. The Bertz CT molecular complexity index is 359. The maximum atomic E-state index is 9.51. The monoisotopic (exact) mass is 283 g/mol. The highest BCUT2D eigenvalue weighted by Crippen LogP contribution is 2.31. The lowest BCUT2D eigenvalue weighted by Gasteiger charge is -2.30. The van der Waals surface area contributed by atoms with Crippen LogP contribution in [0.1, 0.15) is 37.9 Å². The third-order valence-electron chi connectivity index (χ3n) is 3.15. The molecule has 1 fully saturated rings. The Labute approximate surface area is 105 Å². The van der Waals surface area contributed by atoms with E-state index >= 15 is 0 Å². The number of aliphatic hydroxyl groups excluding tert-OH is 1. The molecule has 2 rings (SSSR count). The molecule has 1 atom stereocenters. The third kappa shape index (κ3) is 2.58. The SMILES string of the molecule is CC(O)c1ccc(N2CCCCC2)c(Br)c1. The molecule has 1 aromatic carbocycles. The first-order chi connectivity index (χ1) is 7.68. The first-order valence-corrected chi connectivity index (χ1v) is 6.70. The van der Waals surface area contributed by atoms with Crippen LogP contribution < -0.4 is 4.90 Å². The van der Waals surface area contributed by atoms with Crippen LogP contribution in [0.5, 0.6) is 0 Å². The van der Waals surface area contributed by atoms with E-state index in [1.54, 1.807) is 6.92 Å². The maximum absolute atomic E-state index is 9.51. The van der Waals surface area contributed by atoms with Crippen LogP contribution in [0.15, 0.2) is 22.7 Å². The lowest BCUT2D eigenvalue weighted by atomic mass is 10.1. The van der Waals surface area contributed by atoms with Crippen LogP contribution in [-0.2, 0) is 0 Å². The number of hydrogen-bond donors (Lipinski definition) is 1. The molecular weight excluding hydrogens is 266 g/mol. The Morgan fingerprint density at radius 1 is 1.25 bits per heavy atom. The lowest BCUT2D eigenvalue weighted by molar-refractivity contribution is 0.199. The van der Waals surface area contributed by atoms with Crippen LogP contribution in [0.4, 0.5) is 5.69 Å². The Hall–Kier alpha value is -0.540. The van der Waals surface area contributed by atoms with Crippen molar-refractivity contribution >= 4 is 21.6 Å². The molecule has 0 saturated carbocycles.